The van der Waals surface area contributed by atoms with Crippen LogP contribution in [0.5, 0.6) is 0 Å². The minimum Gasteiger partial charge on any atom is -0.333 e. The lowest BCUT2D eigenvalue weighted by atomic mass is 9.90. The van der Waals surface area contributed by atoms with E-state index in [-0.39, 0.29) is 6.04 Å². The molecule has 0 spiro atoms. The van der Waals surface area contributed by atoms with Crippen LogP contribution in [0.1, 0.15) is 45.9 Å². The fourth-order valence-corrected chi connectivity index (χ4v) is 1.42. The molecule has 0 aromatic carbocycles. The topological polar surface area (TPSA) is 43.8 Å². The molecule has 14 heavy (non-hydrogen) atoms. The quantitative estimate of drug-likeness (QED) is 0.801. The van der Waals surface area contributed by atoms with Gasteiger partial charge in [-0.1, -0.05) is 20.8 Å². The van der Waals surface area contributed by atoms with Crippen molar-refractivity contribution in [2.75, 3.05) is 0 Å². The molecular formula is C11H21N3. The van der Waals surface area contributed by atoms with E-state index >= 15 is 0 Å². The van der Waals surface area contributed by atoms with Crippen LogP contribution in [-0.2, 0) is 6.54 Å². The predicted molar refractivity (Wildman–Crippen MR) is 58.9 cm³/mol. The Kier molecular flexibility index (Phi) is 3.32. The van der Waals surface area contributed by atoms with Gasteiger partial charge in [-0.2, -0.15) is 0 Å². The summed E-state index contributed by atoms with van der Waals surface area (Å²) in [4.78, 5) is 4.14. The molecule has 80 valence electrons. The third-order valence-electron chi connectivity index (χ3n) is 2.77. The van der Waals surface area contributed by atoms with Crippen molar-refractivity contribution in [3.63, 3.8) is 0 Å². The maximum Gasteiger partial charge on any atom is 0.0948 e. The zero-order valence-corrected chi connectivity index (χ0v) is 9.62. The van der Waals surface area contributed by atoms with E-state index in [1.165, 1.54) is 0 Å². The largest absolute Gasteiger partial charge is 0.333 e. The van der Waals surface area contributed by atoms with Crippen LogP contribution in [0.25, 0.3) is 0 Å². The van der Waals surface area contributed by atoms with Gasteiger partial charge >= 0.3 is 0 Å². The summed E-state index contributed by atoms with van der Waals surface area (Å²) in [7, 11) is 0. The van der Waals surface area contributed by atoms with E-state index < -0.39 is 0 Å². The Hall–Kier alpha value is -0.830. The van der Waals surface area contributed by atoms with Crippen LogP contribution in [-0.4, -0.2) is 9.55 Å². The first-order chi connectivity index (χ1) is 6.46. The van der Waals surface area contributed by atoms with Crippen molar-refractivity contribution >= 4 is 0 Å². The average Bonchev–Trinajstić information content (AvgIpc) is 2.51. The Morgan fingerprint density at radius 3 is 2.71 bits per heavy atom. The van der Waals surface area contributed by atoms with Crippen LogP contribution in [0.2, 0.25) is 0 Å². The fraction of sp³-hybridized carbons (Fsp3) is 0.727. The molecule has 1 atom stereocenters. The van der Waals surface area contributed by atoms with Crippen LogP contribution in [0, 0.1) is 5.41 Å². The van der Waals surface area contributed by atoms with Crippen LogP contribution < -0.4 is 5.73 Å². The molecule has 1 heterocycles. The highest BCUT2D eigenvalue weighted by Gasteiger charge is 2.18. The Morgan fingerprint density at radius 1 is 1.57 bits per heavy atom. The molecule has 3 nitrogen and oxygen atoms in total. The molecule has 0 saturated heterocycles. The van der Waals surface area contributed by atoms with Crippen LogP contribution in [0.3, 0.4) is 0 Å². The Morgan fingerprint density at radius 2 is 2.21 bits per heavy atom. The highest BCUT2D eigenvalue weighted by Crippen LogP contribution is 2.23. The van der Waals surface area contributed by atoms with E-state index in [0.29, 0.717) is 5.41 Å². The molecule has 0 bridgehead atoms. The number of nitrogens with two attached hydrogens (primary N) is 1. The number of imidazole rings is 1. The van der Waals surface area contributed by atoms with Gasteiger partial charge in [-0.05, 0) is 18.8 Å². The van der Waals surface area contributed by atoms with E-state index in [2.05, 4.69) is 30.3 Å². The monoisotopic (exact) mass is 195 g/mol. The molecule has 2 N–H and O–H groups in total. The van der Waals surface area contributed by atoms with Gasteiger partial charge in [-0.25, -0.2) is 4.98 Å². The second kappa shape index (κ2) is 4.13. The van der Waals surface area contributed by atoms with Crippen molar-refractivity contribution in [1.82, 2.24) is 9.55 Å². The summed E-state index contributed by atoms with van der Waals surface area (Å²) in [5, 5.41) is 0. The molecule has 3 heteroatoms. The molecular weight excluding hydrogens is 174 g/mol. The van der Waals surface area contributed by atoms with Gasteiger partial charge in [0.2, 0.25) is 0 Å². The van der Waals surface area contributed by atoms with Gasteiger partial charge in [0.15, 0.2) is 0 Å². The maximum absolute atomic E-state index is 5.86. The molecule has 1 aromatic heterocycles. The van der Waals surface area contributed by atoms with Crippen molar-refractivity contribution in [2.24, 2.45) is 11.1 Å². The standard InChI is InChI=1S/C11H21N3/c1-5-11(3,4)7-14-8-13-6-10(14)9(2)12/h6,8-9H,5,7,12H2,1-4H3/t9-/m0/s1. The van der Waals surface area contributed by atoms with Crippen molar-refractivity contribution in [1.29, 1.82) is 0 Å². The van der Waals surface area contributed by atoms with Crippen LogP contribution >= 0.6 is 0 Å². The zero-order valence-electron chi connectivity index (χ0n) is 9.62. The average molecular weight is 195 g/mol. The van der Waals surface area contributed by atoms with E-state index in [0.717, 1.165) is 18.7 Å². The summed E-state index contributed by atoms with van der Waals surface area (Å²) in [6, 6.07) is 0.0603. The van der Waals surface area contributed by atoms with Crippen molar-refractivity contribution in [3.05, 3.63) is 18.2 Å². The molecule has 0 aliphatic carbocycles. The molecule has 0 saturated carbocycles. The van der Waals surface area contributed by atoms with Gasteiger partial charge in [0.1, 0.15) is 0 Å². The Bertz CT molecular complexity index is 286. The second-order valence-electron chi connectivity index (χ2n) is 4.75. The van der Waals surface area contributed by atoms with E-state index in [1.807, 2.05) is 19.4 Å². The lowest BCUT2D eigenvalue weighted by Gasteiger charge is -2.24. The molecule has 1 aromatic rings. The normalized spacial score (nSPS) is 14.4. The summed E-state index contributed by atoms with van der Waals surface area (Å²) >= 11 is 0. The number of hydrogen-bond donors (Lipinski definition) is 1. The summed E-state index contributed by atoms with van der Waals surface area (Å²) in [6.07, 6.45) is 4.89. The highest BCUT2D eigenvalue weighted by molar-refractivity contribution is 5.03. The first kappa shape index (κ1) is 11.2. The molecule has 0 aliphatic rings. The fourth-order valence-electron chi connectivity index (χ4n) is 1.42. The zero-order chi connectivity index (χ0) is 10.8. The predicted octanol–water partition coefficient (Wildman–Crippen LogP) is 2.34. The smallest absolute Gasteiger partial charge is 0.0948 e. The van der Waals surface area contributed by atoms with Gasteiger partial charge < -0.3 is 10.3 Å². The van der Waals surface area contributed by atoms with Crippen LogP contribution in [0.15, 0.2) is 12.5 Å². The Labute approximate surface area is 86.3 Å². The van der Waals surface area contributed by atoms with Gasteiger partial charge in [0.05, 0.1) is 12.0 Å². The first-order valence-corrected chi connectivity index (χ1v) is 5.22. The third kappa shape index (κ3) is 2.58. The van der Waals surface area contributed by atoms with E-state index in [9.17, 15) is 0 Å². The highest BCUT2D eigenvalue weighted by atomic mass is 15.1. The first-order valence-electron chi connectivity index (χ1n) is 5.22. The number of aromatic nitrogens is 2. The third-order valence-corrected chi connectivity index (χ3v) is 2.77. The van der Waals surface area contributed by atoms with Crippen molar-refractivity contribution in [2.45, 2.75) is 46.7 Å². The second-order valence-corrected chi connectivity index (χ2v) is 4.75. The van der Waals surface area contributed by atoms with Gasteiger partial charge in [-0.3, -0.25) is 0 Å². The van der Waals surface area contributed by atoms with E-state index in [4.69, 9.17) is 5.73 Å². The SMILES string of the molecule is CCC(C)(C)Cn1cncc1[C@H](C)N. The molecule has 0 radical (unpaired) electrons. The lowest BCUT2D eigenvalue weighted by Crippen LogP contribution is -2.21. The van der Waals surface area contributed by atoms with Crippen LogP contribution in [0.4, 0.5) is 0 Å². The minimum absolute atomic E-state index is 0.0603. The van der Waals surface area contributed by atoms with Gasteiger partial charge in [0, 0.05) is 18.8 Å². The van der Waals surface area contributed by atoms with Gasteiger partial charge in [0.25, 0.3) is 0 Å². The van der Waals surface area contributed by atoms with Crippen molar-refractivity contribution < 1.29 is 0 Å². The maximum atomic E-state index is 5.86. The summed E-state index contributed by atoms with van der Waals surface area (Å²) in [6.45, 7) is 9.71. The molecule has 0 amide bonds. The van der Waals surface area contributed by atoms with Crippen molar-refractivity contribution in [3.8, 4) is 0 Å². The molecule has 0 fully saturated rings. The lowest BCUT2D eigenvalue weighted by molar-refractivity contribution is 0.289. The molecule has 1 rings (SSSR count). The number of rotatable bonds is 4. The summed E-state index contributed by atoms with van der Waals surface area (Å²) in [5.41, 5.74) is 7.29. The summed E-state index contributed by atoms with van der Waals surface area (Å²) in [5.74, 6) is 0. The van der Waals surface area contributed by atoms with E-state index in [1.54, 1.807) is 0 Å². The molecule has 0 aliphatic heterocycles. The molecule has 0 unspecified atom stereocenters. The minimum atomic E-state index is 0.0603. The van der Waals surface area contributed by atoms with Gasteiger partial charge in [-0.15, -0.1) is 0 Å². The summed E-state index contributed by atoms with van der Waals surface area (Å²) < 4.78 is 2.16. The number of nitrogens with zero attached hydrogens (tertiary/aromatic N) is 2. The Balaban J connectivity index is 2.81. The number of hydrogen-bond acceptors (Lipinski definition) is 2.